The molecule has 1 unspecified atom stereocenters. The van der Waals surface area contributed by atoms with E-state index < -0.39 is 0 Å². The highest BCUT2D eigenvalue weighted by molar-refractivity contribution is 7.99. The quantitative estimate of drug-likeness (QED) is 0.688. The normalized spacial score (nSPS) is 14.7. The van der Waals surface area contributed by atoms with Crippen LogP contribution >= 0.6 is 11.8 Å². The molecule has 1 aromatic carbocycles. The maximum atomic E-state index is 12.2. The molecule has 3 rings (SSSR count). The first-order valence-corrected chi connectivity index (χ1v) is 9.65. The van der Waals surface area contributed by atoms with Gasteiger partial charge in [-0.3, -0.25) is 9.59 Å². The Bertz CT molecular complexity index is 772. The van der Waals surface area contributed by atoms with Gasteiger partial charge in [-0.05, 0) is 47.9 Å². The number of amides is 2. The lowest BCUT2D eigenvalue weighted by molar-refractivity contribution is -0.119. The highest BCUT2D eigenvalue weighted by Crippen LogP contribution is 2.36. The molecule has 0 radical (unpaired) electrons. The van der Waals surface area contributed by atoms with Crippen molar-refractivity contribution in [3.63, 3.8) is 0 Å². The lowest BCUT2D eigenvalue weighted by Crippen LogP contribution is -2.28. The SMILES string of the molecule is CCC(=O)Nc1ccc(C(C)NC(=O)CSc2nnnn2C2CC2)cc1. The Hall–Kier alpha value is -2.42. The van der Waals surface area contributed by atoms with Crippen LogP contribution in [0.5, 0.6) is 0 Å². The minimum Gasteiger partial charge on any atom is -0.349 e. The molecular formula is C17H22N6O2S. The monoisotopic (exact) mass is 374 g/mol. The Labute approximate surface area is 156 Å². The number of nitrogens with one attached hydrogen (secondary N) is 2. The Balaban J connectivity index is 1.49. The lowest BCUT2D eigenvalue weighted by Gasteiger charge is -2.15. The van der Waals surface area contributed by atoms with Crippen LogP contribution in [0.25, 0.3) is 0 Å². The molecule has 0 bridgehead atoms. The summed E-state index contributed by atoms with van der Waals surface area (Å²) < 4.78 is 1.80. The second-order valence-electron chi connectivity index (χ2n) is 6.24. The number of hydrogen-bond acceptors (Lipinski definition) is 6. The van der Waals surface area contributed by atoms with Gasteiger partial charge in [-0.1, -0.05) is 30.8 Å². The van der Waals surface area contributed by atoms with Crippen molar-refractivity contribution in [3.05, 3.63) is 29.8 Å². The smallest absolute Gasteiger partial charge is 0.230 e. The summed E-state index contributed by atoms with van der Waals surface area (Å²) in [5.74, 6) is 0.170. The second-order valence-corrected chi connectivity index (χ2v) is 7.18. The molecule has 2 amide bonds. The molecule has 1 aliphatic carbocycles. The van der Waals surface area contributed by atoms with Gasteiger partial charge < -0.3 is 10.6 Å². The van der Waals surface area contributed by atoms with Crippen LogP contribution in [-0.2, 0) is 9.59 Å². The molecule has 8 nitrogen and oxygen atoms in total. The Morgan fingerprint density at radius 2 is 2.00 bits per heavy atom. The molecule has 0 spiro atoms. The molecule has 1 fully saturated rings. The van der Waals surface area contributed by atoms with Crippen molar-refractivity contribution in [1.29, 1.82) is 0 Å². The number of anilines is 1. The minimum atomic E-state index is -0.126. The molecule has 1 aliphatic rings. The maximum Gasteiger partial charge on any atom is 0.230 e. The van der Waals surface area contributed by atoms with E-state index in [-0.39, 0.29) is 23.6 Å². The predicted octanol–water partition coefficient (Wildman–Crippen LogP) is 2.33. The Morgan fingerprint density at radius 3 is 2.65 bits per heavy atom. The van der Waals surface area contributed by atoms with Gasteiger partial charge in [-0.2, -0.15) is 0 Å². The molecule has 1 saturated carbocycles. The summed E-state index contributed by atoms with van der Waals surface area (Å²) >= 11 is 1.35. The van der Waals surface area contributed by atoms with Crippen LogP contribution in [0, 0.1) is 0 Å². The summed E-state index contributed by atoms with van der Waals surface area (Å²) in [5, 5.41) is 18.1. The van der Waals surface area contributed by atoms with Gasteiger partial charge in [-0.25, -0.2) is 4.68 Å². The summed E-state index contributed by atoms with van der Waals surface area (Å²) in [5.41, 5.74) is 1.72. The number of rotatable bonds is 8. The van der Waals surface area contributed by atoms with E-state index >= 15 is 0 Å². The van der Waals surface area contributed by atoms with E-state index in [9.17, 15) is 9.59 Å². The van der Waals surface area contributed by atoms with E-state index in [1.807, 2.05) is 38.1 Å². The van der Waals surface area contributed by atoms with Gasteiger partial charge >= 0.3 is 0 Å². The van der Waals surface area contributed by atoms with Crippen molar-refractivity contribution < 1.29 is 9.59 Å². The van der Waals surface area contributed by atoms with Crippen LogP contribution in [0.3, 0.4) is 0 Å². The third-order valence-corrected chi connectivity index (χ3v) is 5.01. The topological polar surface area (TPSA) is 102 Å². The van der Waals surface area contributed by atoms with Gasteiger partial charge in [0, 0.05) is 12.1 Å². The van der Waals surface area contributed by atoms with Gasteiger partial charge in [0.15, 0.2) is 0 Å². The van der Waals surface area contributed by atoms with Crippen LogP contribution in [0.15, 0.2) is 29.4 Å². The Morgan fingerprint density at radius 1 is 1.27 bits per heavy atom. The average molecular weight is 374 g/mol. The van der Waals surface area contributed by atoms with E-state index in [2.05, 4.69) is 26.2 Å². The molecule has 0 saturated heterocycles. The standard InChI is InChI=1S/C17H22N6O2S/c1-3-15(24)19-13-6-4-12(5-7-13)11(2)18-16(25)10-26-17-20-21-22-23(17)14-8-9-14/h4-7,11,14H,3,8-10H2,1-2H3,(H,18,25)(H,19,24). The number of benzene rings is 1. The molecule has 2 aromatic rings. The van der Waals surface area contributed by atoms with E-state index in [4.69, 9.17) is 0 Å². The minimum absolute atomic E-state index is 0.0235. The first-order chi connectivity index (χ1) is 12.6. The van der Waals surface area contributed by atoms with Gasteiger partial charge in [0.25, 0.3) is 0 Å². The van der Waals surface area contributed by atoms with Crippen LogP contribution in [0.4, 0.5) is 5.69 Å². The molecule has 1 aromatic heterocycles. The molecular weight excluding hydrogens is 352 g/mol. The van der Waals surface area contributed by atoms with Crippen molar-refractivity contribution in [2.45, 2.75) is 50.4 Å². The number of carbonyl (C=O) groups is 2. The maximum absolute atomic E-state index is 12.2. The van der Waals surface area contributed by atoms with E-state index in [0.717, 1.165) is 24.1 Å². The fourth-order valence-corrected chi connectivity index (χ4v) is 3.19. The molecule has 0 aliphatic heterocycles. The summed E-state index contributed by atoms with van der Waals surface area (Å²) in [6, 6.07) is 7.74. The lowest BCUT2D eigenvalue weighted by atomic mass is 10.1. The fourth-order valence-electron chi connectivity index (χ4n) is 2.43. The van der Waals surface area contributed by atoms with E-state index in [1.54, 1.807) is 4.68 Å². The second kappa shape index (κ2) is 8.31. The largest absolute Gasteiger partial charge is 0.349 e. The molecule has 2 N–H and O–H groups in total. The first-order valence-electron chi connectivity index (χ1n) is 8.66. The van der Waals surface area contributed by atoms with Crippen molar-refractivity contribution in [3.8, 4) is 0 Å². The average Bonchev–Trinajstić information content (AvgIpc) is 3.38. The number of carbonyl (C=O) groups excluding carboxylic acids is 2. The van der Waals surface area contributed by atoms with Crippen LogP contribution < -0.4 is 10.6 Å². The fraction of sp³-hybridized carbons (Fsp3) is 0.471. The van der Waals surface area contributed by atoms with E-state index in [1.165, 1.54) is 11.8 Å². The molecule has 138 valence electrons. The van der Waals surface area contributed by atoms with Gasteiger partial charge in [-0.15, -0.1) is 5.10 Å². The van der Waals surface area contributed by atoms with Gasteiger partial charge in [0.2, 0.25) is 17.0 Å². The molecule has 26 heavy (non-hydrogen) atoms. The van der Waals surface area contributed by atoms with Gasteiger partial charge in [0.1, 0.15) is 0 Å². The Kier molecular flexibility index (Phi) is 5.87. The number of thioether (sulfide) groups is 1. The number of tetrazole rings is 1. The highest BCUT2D eigenvalue weighted by atomic mass is 32.2. The number of aromatic nitrogens is 4. The zero-order valence-corrected chi connectivity index (χ0v) is 15.6. The summed E-state index contributed by atoms with van der Waals surface area (Å²) in [6.07, 6.45) is 2.63. The van der Waals surface area contributed by atoms with Crippen molar-refractivity contribution >= 4 is 29.3 Å². The summed E-state index contributed by atoms with van der Waals surface area (Å²) in [7, 11) is 0. The molecule has 1 heterocycles. The molecule has 9 heteroatoms. The highest BCUT2D eigenvalue weighted by Gasteiger charge is 2.28. The zero-order chi connectivity index (χ0) is 18.5. The number of nitrogens with zero attached hydrogens (tertiary/aromatic N) is 4. The van der Waals surface area contributed by atoms with Crippen molar-refractivity contribution in [1.82, 2.24) is 25.5 Å². The van der Waals surface area contributed by atoms with Crippen molar-refractivity contribution in [2.75, 3.05) is 11.1 Å². The van der Waals surface area contributed by atoms with Crippen LogP contribution in [0.1, 0.15) is 50.8 Å². The third-order valence-electron chi connectivity index (χ3n) is 4.08. The summed E-state index contributed by atoms with van der Waals surface area (Å²) in [4.78, 5) is 23.6. The number of hydrogen-bond donors (Lipinski definition) is 2. The van der Waals surface area contributed by atoms with E-state index in [0.29, 0.717) is 17.6 Å². The van der Waals surface area contributed by atoms with Crippen molar-refractivity contribution in [2.24, 2.45) is 0 Å². The van der Waals surface area contributed by atoms with Crippen LogP contribution in [0.2, 0.25) is 0 Å². The molecule has 1 atom stereocenters. The zero-order valence-electron chi connectivity index (χ0n) is 14.8. The van der Waals surface area contributed by atoms with Gasteiger partial charge in [0.05, 0.1) is 17.8 Å². The summed E-state index contributed by atoms with van der Waals surface area (Å²) in [6.45, 7) is 3.74. The third kappa shape index (κ3) is 4.81. The predicted molar refractivity (Wildman–Crippen MR) is 98.7 cm³/mol. The first kappa shape index (κ1) is 18.4. The van der Waals surface area contributed by atoms with Crippen LogP contribution in [-0.4, -0.2) is 37.8 Å².